The Bertz CT molecular complexity index is 1090. The van der Waals surface area contributed by atoms with Gasteiger partial charge in [-0.1, -0.05) is 12.1 Å². The van der Waals surface area contributed by atoms with Gasteiger partial charge in [0.25, 0.3) is 0 Å². The van der Waals surface area contributed by atoms with Crippen molar-refractivity contribution in [3.8, 4) is 11.3 Å². The van der Waals surface area contributed by atoms with Crippen molar-refractivity contribution < 1.29 is 13.5 Å². The summed E-state index contributed by atoms with van der Waals surface area (Å²) in [5.41, 5.74) is 3.71. The number of hydrogen-bond donors (Lipinski definition) is 1. The van der Waals surface area contributed by atoms with E-state index in [0.717, 1.165) is 54.4 Å². The molecule has 9 heteroatoms. The first kappa shape index (κ1) is 19.1. The molecule has 3 aromatic rings. The molecule has 154 valence electrons. The van der Waals surface area contributed by atoms with E-state index in [2.05, 4.69) is 14.8 Å². The van der Waals surface area contributed by atoms with E-state index in [1.807, 2.05) is 18.2 Å². The molecule has 1 unspecified atom stereocenters. The number of benzene rings is 1. The van der Waals surface area contributed by atoms with Crippen LogP contribution in [-0.4, -0.2) is 56.6 Å². The Morgan fingerprint density at radius 3 is 2.60 bits per heavy atom. The first-order chi connectivity index (χ1) is 14.7. The normalized spacial score (nSPS) is 17.1. The van der Waals surface area contributed by atoms with Gasteiger partial charge in [-0.15, -0.1) is 0 Å². The minimum atomic E-state index is -2.05. The lowest BCUT2D eigenvalue weighted by molar-refractivity contribution is 0.122. The highest BCUT2D eigenvalue weighted by Crippen LogP contribution is 2.39. The van der Waals surface area contributed by atoms with E-state index in [1.165, 1.54) is 0 Å². The molecule has 5 rings (SSSR count). The van der Waals surface area contributed by atoms with Crippen LogP contribution < -0.4 is 9.80 Å². The predicted molar refractivity (Wildman–Crippen MR) is 114 cm³/mol. The number of anilines is 3. The maximum Gasteiger partial charge on any atom is 0.228 e. The Morgan fingerprint density at radius 2 is 1.83 bits per heavy atom. The fourth-order valence-corrected chi connectivity index (χ4v) is 4.34. The Morgan fingerprint density at radius 1 is 1.03 bits per heavy atom. The van der Waals surface area contributed by atoms with E-state index in [4.69, 9.17) is 14.7 Å². The van der Waals surface area contributed by atoms with Crippen LogP contribution in [0.4, 0.5) is 17.5 Å². The first-order valence-electron chi connectivity index (χ1n) is 9.83. The number of nitrogens with zero attached hydrogens (tertiary/aromatic N) is 5. The largest absolute Gasteiger partial charge is 0.378 e. The number of morpholine rings is 1. The number of pyridine rings is 1. The van der Waals surface area contributed by atoms with Crippen LogP contribution in [0.5, 0.6) is 0 Å². The smallest absolute Gasteiger partial charge is 0.228 e. The van der Waals surface area contributed by atoms with Crippen LogP contribution in [0.1, 0.15) is 5.56 Å². The molecule has 2 aliphatic rings. The summed E-state index contributed by atoms with van der Waals surface area (Å²) < 4.78 is 26.6. The third kappa shape index (κ3) is 3.55. The molecule has 30 heavy (non-hydrogen) atoms. The highest BCUT2D eigenvalue weighted by atomic mass is 32.2. The van der Waals surface area contributed by atoms with Crippen molar-refractivity contribution in [2.45, 2.75) is 11.3 Å². The molecule has 1 atom stereocenters. The summed E-state index contributed by atoms with van der Waals surface area (Å²) in [6, 6.07) is 11.0. The number of ether oxygens (including phenoxy) is 1. The van der Waals surface area contributed by atoms with Crippen LogP contribution in [0.3, 0.4) is 0 Å². The van der Waals surface area contributed by atoms with Gasteiger partial charge < -0.3 is 19.1 Å². The van der Waals surface area contributed by atoms with Crippen molar-refractivity contribution in [2.24, 2.45) is 0 Å². The van der Waals surface area contributed by atoms with Crippen molar-refractivity contribution in [1.82, 2.24) is 15.0 Å². The zero-order chi connectivity index (χ0) is 20.5. The maximum absolute atomic E-state index is 11.6. The van der Waals surface area contributed by atoms with Crippen LogP contribution in [-0.2, 0) is 22.2 Å². The van der Waals surface area contributed by atoms with E-state index >= 15 is 0 Å². The quantitative estimate of drug-likeness (QED) is 0.641. The molecule has 2 aliphatic heterocycles. The second-order valence-corrected chi connectivity index (χ2v) is 8.13. The minimum Gasteiger partial charge on any atom is -0.378 e. The third-order valence-electron chi connectivity index (χ3n) is 5.39. The van der Waals surface area contributed by atoms with Crippen LogP contribution in [0.15, 0.2) is 53.7 Å². The fraction of sp³-hybridized carbons (Fsp3) is 0.286. The van der Waals surface area contributed by atoms with Gasteiger partial charge >= 0.3 is 0 Å². The van der Waals surface area contributed by atoms with Gasteiger partial charge in [0.05, 0.1) is 23.8 Å². The lowest BCUT2D eigenvalue weighted by atomic mass is 10.1. The van der Waals surface area contributed by atoms with Crippen molar-refractivity contribution in [1.29, 1.82) is 0 Å². The summed E-state index contributed by atoms with van der Waals surface area (Å²) in [6.45, 7) is 3.53. The van der Waals surface area contributed by atoms with Gasteiger partial charge in [-0.3, -0.25) is 4.98 Å². The maximum atomic E-state index is 11.6. The van der Waals surface area contributed by atoms with Crippen molar-refractivity contribution >= 4 is 28.5 Å². The molecule has 8 nitrogen and oxygen atoms in total. The van der Waals surface area contributed by atoms with Crippen LogP contribution >= 0.6 is 0 Å². The molecule has 0 saturated carbocycles. The van der Waals surface area contributed by atoms with E-state index in [1.54, 1.807) is 30.6 Å². The third-order valence-corrected chi connectivity index (χ3v) is 6.05. The van der Waals surface area contributed by atoms with Crippen molar-refractivity contribution in [3.05, 3.63) is 54.4 Å². The highest BCUT2D eigenvalue weighted by molar-refractivity contribution is 7.79. The van der Waals surface area contributed by atoms with Gasteiger partial charge in [0.2, 0.25) is 5.95 Å². The second kappa shape index (κ2) is 8.10. The van der Waals surface area contributed by atoms with Crippen LogP contribution in [0, 0.1) is 0 Å². The number of rotatable bonds is 4. The predicted octanol–water partition coefficient (Wildman–Crippen LogP) is 2.65. The van der Waals surface area contributed by atoms with Crippen LogP contribution in [0.25, 0.3) is 11.3 Å². The van der Waals surface area contributed by atoms with E-state index in [0.29, 0.717) is 24.1 Å². The van der Waals surface area contributed by atoms with Crippen molar-refractivity contribution in [2.75, 3.05) is 42.6 Å². The topological polar surface area (TPSA) is 91.7 Å². The summed E-state index contributed by atoms with van der Waals surface area (Å²) in [4.78, 5) is 18.6. The van der Waals surface area contributed by atoms with Gasteiger partial charge in [0, 0.05) is 48.8 Å². The molecular formula is C21H21N5O3S. The number of hydrogen-bond acceptors (Lipinski definition) is 7. The van der Waals surface area contributed by atoms with E-state index in [9.17, 15) is 8.76 Å². The molecule has 0 amide bonds. The fourth-order valence-electron chi connectivity index (χ4n) is 3.91. The average Bonchev–Trinajstić information content (AvgIpc) is 3.24. The highest BCUT2D eigenvalue weighted by Gasteiger charge is 2.29. The molecular weight excluding hydrogens is 402 g/mol. The van der Waals surface area contributed by atoms with Crippen LogP contribution in [0.2, 0.25) is 0 Å². The number of aromatic nitrogens is 3. The Labute approximate surface area is 176 Å². The molecule has 1 aromatic carbocycles. The monoisotopic (exact) mass is 423 g/mol. The summed E-state index contributed by atoms with van der Waals surface area (Å²) in [5, 5.41) is 0. The van der Waals surface area contributed by atoms with Gasteiger partial charge in [-0.05, 0) is 30.7 Å². The second-order valence-electron chi connectivity index (χ2n) is 7.16. The summed E-state index contributed by atoms with van der Waals surface area (Å²) in [6.07, 6.45) is 4.35. The molecule has 1 saturated heterocycles. The Kier molecular flexibility index (Phi) is 5.16. The van der Waals surface area contributed by atoms with Gasteiger partial charge in [0.1, 0.15) is 5.82 Å². The first-order valence-corrected chi connectivity index (χ1v) is 10.9. The molecule has 1 N–H and O–H groups in total. The lowest BCUT2D eigenvalue weighted by Crippen LogP contribution is -2.37. The average molecular weight is 423 g/mol. The van der Waals surface area contributed by atoms with Crippen molar-refractivity contribution in [3.63, 3.8) is 0 Å². The summed E-state index contributed by atoms with van der Waals surface area (Å²) in [5.74, 6) is 1.53. The van der Waals surface area contributed by atoms with E-state index < -0.39 is 11.1 Å². The Hall–Kier alpha value is -2.88. The Balaban J connectivity index is 1.66. The lowest BCUT2D eigenvalue weighted by Gasteiger charge is -2.28. The SMILES string of the molecule is O=S(O)c1cccc(-c2nc(N3CCOCC3)nc3c2CCN3c2ccncc2)c1. The minimum absolute atomic E-state index is 0.358. The molecule has 2 aromatic heterocycles. The molecule has 0 radical (unpaired) electrons. The van der Waals surface area contributed by atoms with Gasteiger partial charge in [-0.2, -0.15) is 4.98 Å². The summed E-state index contributed by atoms with van der Waals surface area (Å²) in [7, 11) is 0. The number of fused-ring (bicyclic) bond motifs is 1. The molecule has 0 aliphatic carbocycles. The molecule has 4 heterocycles. The zero-order valence-corrected chi connectivity index (χ0v) is 17.1. The molecule has 1 fully saturated rings. The van der Waals surface area contributed by atoms with E-state index in [-0.39, 0.29) is 0 Å². The standard InChI is InChI=1S/C21H21N5O3S/c27-30(28)17-3-1-2-15(14-17)19-18-6-9-26(16-4-7-22-8-5-16)20(18)24-21(23-19)25-10-12-29-13-11-25/h1-5,7-8,14H,6,9-13H2,(H,27,28). The zero-order valence-electron chi connectivity index (χ0n) is 16.3. The molecule has 0 spiro atoms. The molecule has 0 bridgehead atoms. The van der Waals surface area contributed by atoms with Gasteiger partial charge in [0.15, 0.2) is 11.1 Å². The summed E-state index contributed by atoms with van der Waals surface area (Å²) >= 11 is -2.05. The van der Waals surface area contributed by atoms with Gasteiger partial charge in [-0.25, -0.2) is 9.19 Å².